The van der Waals surface area contributed by atoms with Crippen LogP contribution in [0.1, 0.15) is 19.8 Å². The fourth-order valence-corrected chi connectivity index (χ4v) is 5.78. The molecule has 2 aliphatic carbocycles. The van der Waals surface area contributed by atoms with E-state index in [9.17, 15) is 34.8 Å². The summed E-state index contributed by atoms with van der Waals surface area (Å²) in [6.07, 6.45) is -5.34. The van der Waals surface area contributed by atoms with Crippen molar-refractivity contribution in [3.63, 3.8) is 0 Å². The molecule has 2 saturated heterocycles. The first kappa shape index (κ1) is 17.7. The van der Waals surface area contributed by atoms with Gasteiger partial charge in [0.1, 0.15) is 12.7 Å². The summed E-state index contributed by atoms with van der Waals surface area (Å²) in [5.41, 5.74) is -8.92. The largest absolute Gasteiger partial charge is 0.467 e. The lowest BCUT2D eigenvalue weighted by Gasteiger charge is -2.68. The number of methoxy groups -OCH3 is 1. The number of carbonyl (C=O) groups is 3. The molecule has 0 amide bonds. The molecule has 4 aliphatic rings. The van der Waals surface area contributed by atoms with E-state index in [2.05, 4.69) is 4.74 Å². The molecular formula is C16H20O10. The van der Waals surface area contributed by atoms with Crippen molar-refractivity contribution in [2.45, 2.75) is 49.3 Å². The molecule has 2 saturated carbocycles. The Bertz CT molecular complexity index is 722. The average Bonchev–Trinajstić information content (AvgIpc) is 2.78. The van der Waals surface area contributed by atoms with Gasteiger partial charge in [-0.05, 0) is 12.3 Å². The van der Waals surface area contributed by atoms with Crippen LogP contribution in [0.25, 0.3) is 0 Å². The van der Waals surface area contributed by atoms with Crippen LogP contribution in [0.5, 0.6) is 0 Å². The number of aliphatic hydroxyl groups excluding tert-OH is 2. The zero-order chi connectivity index (χ0) is 19.3. The molecule has 8 unspecified atom stereocenters. The minimum Gasteiger partial charge on any atom is -0.467 e. The van der Waals surface area contributed by atoms with Gasteiger partial charge in [0.15, 0.2) is 11.5 Å². The number of hydrogen-bond donors (Lipinski definition) is 4. The van der Waals surface area contributed by atoms with Crippen LogP contribution in [0.2, 0.25) is 0 Å². The Hall–Kier alpha value is -1.75. The second-order valence-corrected chi connectivity index (χ2v) is 7.73. The minimum absolute atomic E-state index is 0.324. The first-order valence-corrected chi connectivity index (χ1v) is 8.31. The summed E-state index contributed by atoms with van der Waals surface area (Å²) in [5, 5.41) is 44.0. The molecular weight excluding hydrogens is 352 g/mol. The Morgan fingerprint density at radius 1 is 1.23 bits per heavy atom. The Kier molecular flexibility index (Phi) is 3.22. The molecule has 2 heterocycles. The second kappa shape index (κ2) is 4.75. The lowest BCUT2D eigenvalue weighted by atomic mass is 9.42. The summed E-state index contributed by atoms with van der Waals surface area (Å²) in [6.45, 7) is 0.984. The molecule has 4 fully saturated rings. The van der Waals surface area contributed by atoms with Gasteiger partial charge in [-0.2, -0.15) is 0 Å². The highest BCUT2D eigenvalue weighted by Crippen LogP contribution is 2.72. The van der Waals surface area contributed by atoms with Gasteiger partial charge in [0, 0.05) is 11.8 Å². The third-order valence-corrected chi connectivity index (χ3v) is 7.24. The van der Waals surface area contributed by atoms with E-state index >= 15 is 0 Å². The Balaban J connectivity index is 2.05. The standard InChI is InChI=1S/C16H20O10/c1-6-7(17)3-15(22)13(6)4-8(26-10(19)9(13)18)16(23,12(21)24-2)14(15)5-25-11(14)20/h6-9,17-18,22-23H,3-5H2,1-2H3. The molecule has 0 aromatic carbocycles. The average molecular weight is 372 g/mol. The molecule has 4 rings (SSSR count). The van der Waals surface area contributed by atoms with Crippen LogP contribution in [0.15, 0.2) is 0 Å². The van der Waals surface area contributed by atoms with Crippen molar-refractivity contribution in [3.05, 3.63) is 0 Å². The number of ether oxygens (including phenoxy) is 3. The van der Waals surface area contributed by atoms with E-state index in [1.54, 1.807) is 0 Å². The van der Waals surface area contributed by atoms with E-state index in [1.807, 2.05) is 0 Å². The van der Waals surface area contributed by atoms with E-state index in [1.165, 1.54) is 6.92 Å². The lowest BCUT2D eigenvalue weighted by molar-refractivity contribution is -0.357. The van der Waals surface area contributed by atoms with Gasteiger partial charge in [-0.1, -0.05) is 6.92 Å². The number of rotatable bonds is 1. The Morgan fingerprint density at radius 2 is 1.88 bits per heavy atom. The molecule has 10 heteroatoms. The highest BCUT2D eigenvalue weighted by atomic mass is 16.6. The first-order valence-electron chi connectivity index (χ1n) is 8.31. The molecule has 2 spiro atoms. The predicted octanol–water partition coefficient (Wildman–Crippen LogP) is -2.76. The van der Waals surface area contributed by atoms with Crippen molar-refractivity contribution in [2.24, 2.45) is 16.7 Å². The van der Waals surface area contributed by atoms with Gasteiger partial charge in [0.25, 0.3) is 0 Å². The number of carbonyl (C=O) groups excluding carboxylic acids is 3. The van der Waals surface area contributed by atoms with Crippen LogP contribution in [0, 0.1) is 16.7 Å². The summed E-state index contributed by atoms with van der Waals surface area (Å²) in [5.74, 6) is -4.30. The van der Waals surface area contributed by atoms with E-state index < -0.39 is 77.2 Å². The van der Waals surface area contributed by atoms with Gasteiger partial charge < -0.3 is 34.6 Å². The Morgan fingerprint density at radius 3 is 2.38 bits per heavy atom. The number of esters is 3. The fraction of sp³-hybridized carbons (Fsp3) is 0.812. The van der Waals surface area contributed by atoms with E-state index in [0.29, 0.717) is 0 Å². The quantitative estimate of drug-likeness (QED) is 0.280. The molecule has 0 aromatic heterocycles. The number of aliphatic hydroxyl groups is 4. The highest BCUT2D eigenvalue weighted by molar-refractivity contribution is 5.97. The molecule has 4 N–H and O–H groups in total. The summed E-state index contributed by atoms with van der Waals surface area (Å²) in [4.78, 5) is 37.4. The highest BCUT2D eigenvalue weighted by Gasteiger charge is 2.91. The van der Waals surface area contributed by atoms with Crippen LogP contribution in [0.4, 0.5) is 0 Å². The van der Waals surface area contributed by atoms with Gasteiger partial charge in [-0.15, -0.1) is 0 Å². The van der Waals surface area contributed by atoms with Crippen molar-refractivity contribution >= 4 is 17.9 Å². The van der Waals surface area contributed by atoms with Crippen LogP contribution < -0.4 is 0 Å². The van der Waals surface area contributed by atoms with E-state index in [4.69, 9.17) is 9.47 Å². The zero-order valence-corrected chi connectivity index (χ0v) is 14.2. The molecule has 10 nitrogen and oxygen atoms in total. The van der Waals surface area contributed by atoms with Gasteiger partial charge in [0.05, 0.1) is 18.8 Å². The van der Waals surface area contributed by atoms with Crippen molar-refractivity contribution in [2.75, 3.05) is 13.7 Å². The summed E-state index contributed by atoms with van der Waals surface area (Å²) < 4.78 is 14.5. The SMILES string of the molecule is COC(=O)C1(O)C2CC3(C(O)C(=O)O2)C(C)C(O)CC3(O)C12COC2=O. The van der Waals surface area contributed by atoms with Crippen LogP contribution in [0.3, 0.4) is 0 Å². The van der Waals surface area contributed by atoms with Gasteiger partial charge in [-0.25, -0.2) is 9.59 Å². The van der Waals surface area contributed by atoms with Crippen molar-refractivity contribution in [3.8, 4) is 0 Å². The predicted molar refractivity (Wildman–Crippen MR) is 78.0 cm³/mol. The fourth-order valence-electron chi connectivity index (χ4n) is 5.78. The first-order chi connectivity index (χ1) is 12.0. The maximum absolute atomic E-state index is 12.6. The van der Waals surface area contributed by atoms with Gasteiger partial charge in [0.2, 0.25) is 5.60 Å². The molecule has 2 aliphatic heterocycles. The van der Waals surface area contributed by atoms with E-state index in [0.717, 1.165) is 7.11 Å². The van der Waals surface area contributed by atoms with E-state index in [-0.39, 0.29) is 6.42 Å². The smallest absolute Gasteiger partial charge is 0.343 e. The summed E-state index contributed by atoms with van der Waals surface area (Å²) >= 11 is 0. The topological polar surface area (TPSA) is 160 Å². The third kappa shape index (κ3) is 1.38. The Labute approximate surface area is 147 Å². The lowest BCUT2D eigenvalue weighted by Crippen LogP contribution is -2.88. The molecule has 26 heavy (non-hydrogen) atoms. The van der Waals surface area contributed by atoms with Crippen LogP contribution >= 0.6 is 0 Å². The third-order valence-electron chi connectivity index (χ3n) is 7.24. The molecule has 144 valence electrons. The van der Waals surface area contributed by atoms with Crippen LogP contribution in [-0.4, -0.2) is 81.6 Å². The molecule has 2 bridgehead atoms. The normalized spacial score (nSPS) is 54.8. The number of fused-ring (bicyclic) bond motifs is 2. The summed E-state index contributed by atoms with van der Waals surface area (Å²) in [6, 6.07) is 0. The monoisotopic (exact) mass is 372 g/mol. The minimum atomic E-state index is -2.71. The molecule has 8 atom stereocenters. The van der Waals surface area contributed by atoms with Gasteiger partial charge in [-0.3, -0.25) is 4.79 Å². The number of cyclic esters (lactones) is 1. The maximum atomic E-state index is 12.6. The van der Waals surface area contributed by atoms with Crippen molar-refractivity contribution < 1.29 is 49.0 Å². The van der Waals surface area contributed by atoms with Gasteiger partial charge >= 0.3 is 17.9 Å². The maximum Gasteiger partial charge on any atom is 0.343 e. The van der Waals surface area contributed by atoms with Crippen LogP contribution in [-0.2, 0) is 28.6 Å². The second-order valence-electron chi connectivity index (χ2n) is 7.73. The molecule has 0 aromatic rings. The summed E-state index contributed by atoms with van der Waals surface area (Å²) in [7, 11) is 0.982. The van der Waals surface area contributed by atoms with Crippen molar-refractivity contribution in [1.29, 1.82) is 0 Å². The number of hydrogen-bond acceptors (Lipinski definition) is 10. The molecule has 0 radical (unpaired) electrons. The zero-order valence-electron chi connectivity index (χ0n) is 14.2. The van der Waals surface area contributed by atoms with Crippen molar-refractivity contribution in [1.82, 2.24) is 0 Å².